The molecule has 0 radical (unpaired) electrons. The minimum atomic E-state index is -0.471. The third-order valence-electron chi connectivity index (χ3n) is 4.50. The summed E-state index contributed by atoms with van der Waals surface area (Å²) < 4.78 is 11.5. The molecule has 3 rings (SSSR count). The maximum atomic E-state index is 12.6. The molecule has 0 unspecified atom stereocenters. The van der Waals surface area contributed by atoms with Crippen molar-refractivity contribution in [1.82, 2.24) is 15.0 Å². The van der Waals surface area contributed by atoms with Gasteiger partial charge < -0.3 is 20.1 Å². The predicted octanol–water partition coefficient (Wildman–Crippen LogP) is 2.66. The molecule has 0 bridgehead atoms. The molecule has 10 heteroatoms. The van der Waals surface area contributed by atoms with Crippen molar-refractivity contribution in [3.63, 3.8) is 0 Å². The molecule has 10 nitrogen and oxygen atoms in total. The molecule has 32 heavy (non-hydrogen) atoms. The van der Waals surface area contributed by atoms with E-state index < -0.39 is 17.8 Å². The van der Waals surface area contributed by atoms with Crippen molar-refractivity contribution in [2.24, 2.45) is 0 Å². The largest absolute Gasteiger partial charge is 0.495 e. The number of para-hydroxylation sites is 2. The van der Waals surface area contributed by atoms with Gasteiger partial charge in [-0.25, -0.2) is 9.48 Å². The first-order valence-electron chi connectivity index (χ1n) is 9.84. The summed E-state index contributed by atoms with van der Waals surface area (Å²) >= 11 is 0. The molecule has 0 aliphatic carbocycles. The molecule has 0 aliphatic heterocycles. The molecular formula is C22H23N5O5. The Labute approximate surface area is 184 Å². The summed E-state index contributed by atoms with van der Waals surface area (Å²) in [7, 11) is 1.51. The molecule has 2 amide bonds. The number of methoxy groups -OCH3 is 1. The lowest BCUT2D eigenvalue weighted by Crippen LogP contribution is -2.21. The first-order chi connectivity index (χ1) is 15.4. The number of aromatic nitrogens is 3. The lowest BCUT2D eigenvalue weighted by Gasteiger charge is -2.09. The van der Waals surface area contributed by atoms with E-state index in [2.05, 4.69) is 20.9 Å². The van der Waals surface area contributed by atoms with E-state index in [4.69, 9.17) is 9.47 Å². The van der Waals surface area contributed by atoms with Crippen molar-refractivity contribution < 1.29 is 23.9 Å². The molecule has 2 aromatic carbocycles. The Balaban J connectivity index is 1.66. The van der Waals surface area contributed by atoms with Crippen molar-refractivity contribution in [3.05, 3.63) is 65.5 Å². The second kappa shape index (κ2) is 10.2. The summed E-state index contributed by atoms with van der Waals surface area (Å²) in [5, 5.41) is 13.2. The van der Waals surface area contributed by atoms with Gasteiger partial charge in [-0.15, -0.1) is 5.10 Å². The van der Waals surface area contributed by atoms with E-state index in [0.717, 1.165) is 0 Å². The van der Waals surface area contributed by atoms with Crippen LogP contribution in [-0.2, 0) is 16.1 Å². The Bertz CT molecular complexity index is 1140. The quantitative estimate of drug-likeness (QED) is 0.519. The van der Waals surface area contributed by atoms with Crippen LogP contribution in [0.1, 0.15) is 33.5 Å². The lowest BCUT2D eigenvalue weighted by molar-refractivity contribution is -0.117. The molecule has 0 atom stereocenters. The average molecular weight is 437 g/mol. The zero-order valence-electron chi connectivity index (χ0n) is 17.9. The van der Waals surface area contributed by atoms with Crippen LogP contribution in [0.3, 0.4) is 0 Å². The van der Waals surface area contributed by atoms with Crippen LogP contribution >= 0.6 is 0 Å². The summed E-state index contributed by atoms with van der Waals surface area (Å²) in [6.45, 7) is 3.46. The first-order valence-corrected chi connectivity index (χ1v) is 9.84. The number of esters is 1. The van der Waals surface area contributed by atoms with Crippen LogP contribution in [0.4, 0.5) is 11.4 Å². The summed E-state index contributed by atoms with van der Waals surface area (Å²) in [4.78, 5) is 36.9. The van der Waals surface area contributed by atoms with E-state index >= 15 is 0 Å². The Morgan fingerprint density at radius 2 is 1.84 bits per heavy atom. The topological polar surface area (TPSA) is 124 Å². The number of anilines is 2. The molecule has 1 heterocycles. The van der Waals surface area contributed by atoms with Crippen LogP contribution in [-0.4, -0.2) is 46.5 Å². The van der Waals surface area contributed by atoms with Gasteiger partial charge in [0.15, 0.2) is 5.69 Å². The number of hydrogen-bond donors (Lipinski definition) is 2. The predicted molar refractivity (Wildman–Crippen MR) is 117 cm³/mol. The second-order valence-electron chi connectivity index (χ2n) is 6.68. The van der Waals surface area contributed by atoms with Crippen LogP contribution < -0.4 is 15.4 Å². The lowest BCUT2D eigenvalue weighted by atomic mass is 10.2. The van der Waals surface area contributed by atoms with Crippen LogP contribution in [0.2, 0.25) is 0 Å². The van der Waals surface area contributed by atoms with E-state index in [1.165, 1.54) is 17.9 Å². The number of carbonyl (C=O) groups is 3. The number of rotatable bonds is 8. The van der Waals surface area contributed by atoms with Crippen LogP contribution in [0.15, 0.2) is 48.5 Å². The first kappa shape index (κ1) is 22.5. The van der Waals surface area contributed by atoms with Crippen molar-refractivity contribution in [2.75, 3.05) is 24.4 Å². The van der Waals surface area contributed by atoms with Gasteiger partial charge in [-0.05, 0) is 44.2 Å². The van der Waals surface area contributed by atoms with Gasteiger partial charge in [0, 0.05) is 5.69 Å². The van der Waals surface area contributed by atoms with Gasteiger partial charge in [0.05, 0.1) is 30.7 Å². The number of nitrogens with one attached hydrogen (secondary N) is 2. The van der Waals surface area contributed by atoms with Crippen LogP contribution in [0.25, 0.3) is 0 Å². The summed E-state index contributed by atoms with van der Waals surface area (Å²) in [6.07, 6.45) is 0. The monoisotopic (exact) mass is 437 g/mol. The summed E-state index contributed by atoms with van der Waals surface area (Å²) in [6, 6.07) is 13.4. The highest BCUT2D eigenvalue weighted by Gasteiger charge is 2.19. The Hall–Kier alpha value is -4.21. The summed E-state index contributed by atoms with van der Waals surface area (Å²) in [5.74, 6) is -0.826. The number of ether oxygens (including phenoxy) is 2. The van der Waals surface area contributed by atoms with Gasteiger partial charge in [0.25, 0.3) is 5.91 Å². The minimum absolute atomic E-state index is 0.0908. The number of benzene rings is 2. The van der Waals surface area contributed by atoms with Gasteiger partial charge in [-0.3, -0.25) is 9.59 Å². The smallest absolute Gasteiger partial charge is 0.338 e. The van der Waals surface area contributed by atoms with Crippen molar-refractivity contribution >= 4 is 29.2 Å². The SMILES string of the molecule is CCOC(=O)c1cccc(NC(=O)Cn2nnc(C(=O)Nc3ccccc3OC)c2C)c1. The maximum absolute atomic E-state index is 12.6. The number of amides is 2. The Kier molecular flexibility index (Phi) is 7.17. The molecule has 166 valence electrons. The standard InChI is InChI=1S/C22H23N5O5/c1-4-32-22(30)15-8-7-9-16(12-15)23-19(28)13-27-14(2)20(25-26-27)21(29)24-17-10-5-6-11-18(17)31-3/h5-12H,4,13H2,1-3H3,(H,23,28)(H,24,29). The van der Waals surface area contributed by atoms with Crippen LogP contribution in [0.5, 0.6) is 5.75 Å². The molecule has 3 aromatic rings. The fraction of sp³-hybridized carbons (Fsp3) is 0.227. The van der Waals surface area contributed by atoms with Crippen molar-refractivity contribution in [3.8, 4) is 5.75 Å². The zero-order chi connectivity index (χ0) is 23.1. The molecule has 1 aromatic heterocycles. The van der Waals surface area contributed by atoms with Crippen molar-refractivity contribution in [2.45, 2.75) is 20.4 Å². The molecule has 0 saturated carbocycles. The highest BCUT2D eigenvalue weighted by molar-refractivity contribution is 6.04. The van der Waals surface area contributed by atoms with E-state index in [1.54, 1.807) is 56.3 Å². The van der Waals surface area contributed by atoms with E-state index in [9.17, 15) is 14.4 Å². The van der Waals surface area contributed by atoms with E-state index in [0.29, 0.717) is 28.4 Å². The van der Waals surface area contributed by atoms with Gasteiger partial charge >= 0.3 is 5.97 Å². The van der Waals surface area contributed by atoms with Crippen molar-refractivity contribution in [1.29, 1.82) is 0 Å². The fourth-order valence-corrected chi connectivity index (χ4v) is 2.92. The highest BCUT2D eigenvalue weighted by Crippen LogP contribution is 2.23. The average Bonchev–Trinajstić information content (AvgIpc) is 3.14. The number of carbonyl (C=O) groups excluding carboxylic acids is 3. The molecular weight excluding hydrogens is 414 g/mol. The van der Waals surface area contributed by atoms with E-state index in [1.807, 2.05) is 0 Å². The third kappa shape index (κ3) is 5.28. The third-order valence-corrected chi connectivity index (χ3v) is 4.50. The molecule has 0 fully saturated rings. The highest BCUT2D eigenvalue weighted by atomic mass is 16.5. The normalized spacial score (nSPS) is 10.3. The Morgan fingerprint density at radius 3 is 2.59 bits per heavy atom. The minimum Gasteiger partial charge on any atom is -0.495 e. The Morgan fingerprint density at radius 1 is 1.06 bits per heavy atom. The summed E-state index contributed by atoms with van der Waals surface area (Å²) in [5.41, 5.74) is 1.78. The zero-order valence-corrected chi connectivity index (χ0v) is 17.9. The van der Waals surface area contributed by atoms with Crippen LogP contribution in [0, 0.1) is 6.92 Å². The fourth-order valence-electron chi connectivity index (χ4n) is 2.92. The maximum Gasteiger partial charge on any atom is 0.338 e. The molecule has 2 N–H and O–H groups in total. The van der Waals surface area contributed by atoms with Gasteiger partial charge in [-0.2, -0.15) is 0 Å². The number of nitrogens with zero attached hydrogens (tertiary/aromatic N) is 3. The molecule has 0 spiro atoms. The van der Waals surface area contributed by atoms with Gasteiger partial charge in [0.2, 0.25) is 5.91 Å². The molecule has 0 saturated heterocycles. The molecule has 0 aliphatic rings. The van der Waals surface area contributed by atoms with Gasteiger partial charge in [-0.1, -0.05) is 23.4 Å². The van der Waals surface area contributed by atoms with Gasteiger partial charge in [0.1, 0.15) is 12.3 Å². The number of hydrogen-bond acceptors (Lipinski definition) is 7. The van der Waals surface area contributed by atoms with E-state index in [-0.39, 0.29) is 18.8 Å². The second-order valence-corrected chi connectivity index (χ2v) is 6.68.